The van der Waals surface area contributed by atoms with Gasteiger partial charge in [0.05, 0.1) is 13.2 Å². The van der Waals surface area contributed by atoms with Gasteiger partial charge in [-0.1, -0.05) is 0 Å². The van der Waals surface area contributed by atoms with Gasteiger partial charge in [0.1, 0.15) is 17.6 Å². The quantitative estimate of drug-likeness (QED) is 0.750. The van der Waals surface area contributed by atoms with Crippen molar-refractivity contribution in [3.05, 3.63) is 24.3 Å². The molecule has 1 aliphatic heterocycles. The Balaban J connectivity index is 1.97. The lowest BCUT2D eigenvalue weighted by atomic mass is 10.3. The molecule has 1 saturated heterocycles. The van der Waals surface area contributed by atoms with Crippen molar-refractivity contribution in [2.75, 3.05) is 13.2 Å². The van der Waals surface area contributed by atoms with Crippen molar-refractivity contribution in [1.82, 2.24) is 0 Å². The number of phenolic OH excluding ortho intramolecular Hbond substituents is 1. The molecule has 3 nitrogen and oxygen atoms in total. The van der Waals surface area contributed by atoms with Crippen molar-refractivity contribution in [3.8, 4) is 11.5 Å². The number of rotatable bonds is 2. The van der Waals surface area contributed by atoms with E-state index in [4.69, 9.17) is 14.6 Å². The largest absolute Gasteiger partial charge is 0.508 e. The number of phenols is 1. The second-order valence-corrected chi connectivity index (χ2v) is 3.10. The maximum atomic E-state index is 9.04. The highest BCUT2D eigenvalue weighted by atomic mass is 16.5. The van der Waals surface area contributed by atoms with Gasteiger partial charge in [0.2, 0.25) is 0 Å². The Bertz CT molecular complexity index is 262. The first-order valence-electron chi connectivity index (χ1n) is 4.38. The van der Waals surface area contributed by atoms with Crippen molar-refractivity contribution < 1.29 is 14.6 Å². The van der Waals surface area contributed by atoms with Crippen molar-refractivity contribution in [2.24, 2.45) is 0 Å². The molecule has 1 fully saturated rings. The zero-order valence-corrected chi connectivity index (χ0v) is 7.27. The minimum atomic E-state index is 0.171. The van der Waals surface area contributed by atoms with Gasteiger partial charge >= 0.3 is 0 Å². The summed E-state index contributed by atoms with van der Waals surface area (Å²) in [4.78, 5) is 0. The molecule has 1 N–H and O–H groups in total. The normalized spacial score (nSPS) is 21.7. The standard InChI is InChI=1S/C10H12O3/c11-8-1-3-9(4-2-8)13-10-5-6-12-7-10/h1-4,10-11H,5-7H2/t10-/m1/s1. The zero-order chi connectivity index (χ0) is 9.10. The molecule has 3 heteroatoms. The highest BCUT2D eigenvalue weighted by Gasteiger charge is 2.16. The van der Waals surface area contributed by atoms with Gasteiger partial charge < -0.3 is 14.6 Å². The molecule has 0 saturated carbocycles. The van der Waals surface area contributed by atoms with E-state index in [1.807, 2.05) is 0 Å². The molecule has 70 valence electrons. The average molecular weight is 180 g/mol. The summed E-state index contributed by atoms with van der Waals surface area (Å²) in [5.74, 6) is 1.04. The van der Waals surface area contributed by atoms with Gasteiger partial charge in [0, 0.05) is 6.42 Å². The number of aromatic hydroxyl groups is 1. The minimum absolute atomic E-state index is 0.171. The van der Waals surface area contributed by atoms with E-state index in [1.54, 1.807) is 24.3 Å². The number of ether oxygens (including phenoxy) is 2. The van der Waals surface area contributed by atoms with Gasteiger partial charge in [-0.2, -0.15) is 0 Å². The van der Waals surface area contributed by atoms with Crippen LogP contribution in [-0.4, -0.2) is 24.4 Å². The molecule has 1 aliphatic rings. The van der Waals surface area contributed by atoms with Crippen LogP contribution in [0, 0.1) is 0 Å². The number of hydrogen-bond donors (Lipinski definition) is 1. The lowest BCUT2D eigenvalue weighted by molar-refractivity contribution is 0.141. The summed E-state index contributed by atoms with van der Waals surface area (Å²) >= 11 is 0. The molecule has 1 aromatic rings. The van der Waals surface area contributed by atoms with E-state index >= 15 is 0 Å². The van der Waals surface area contributed by atoms with Crippen molar-refractivity contribution in [2.45, 2.75) is 12.5 Å². The molecule has 0 radical (unpaired) electrons. The first-order chi connectivity index (χ1) is 6.34. The minimum Gasteiger partial charge on any atom is -0.508 e. The van der Waals surface area contributed by atoms with Gasteiger partial charge in [-0.05, 0) is 24.3 Å². The van der Waals surface area contributed by atoms with Crippen LogP contribution >= 0.6 is 0 Å². The second kappa shape index (κ2) is 3.66. The average Bonchev–Trinajstić information content (AvgIpc) is 2.62. The van der Waals surface area contributed by atoms with E-state index in [2.05, 4.69) is 0 Å². The van der Waals surface area contributed by atoms with Crippen LogP contribution in [0.2, 0.25) is 0 Å². The molecule has 0 unspecified atom stereocenters. The predicted molar refractivity (Wildman–Crippen MR) is 48.0 cm³/mol. The Hall–Kier alpha value is -1.22. The van der Waals surface area contributed by atoms with E-state index in [9.17, 15) is 0 Å². The zero-order valence-electron chi connectivity index (χ0n) is 7.27. The molecule has 0 amide bonds. The summed E-state index contributed by atoms with van der Waals surface area (Å²) in [6.07, 6.45) is 1.12. The van der Waals surface area contributed by atoms with Crippen LogP contribution in [0.3, 0.4) is 0 Å². The lowest BCUT2D eigenvalue weighted by Gasteiger charge is -2.11. The summed E-state index contributed by atoms with van der Waals surface area (Å²) in [6, 6.07) is 6.75. The second-order valence-electron chi connectivity index (χ2n) is 3.10. The van der Waals surface area contributed by atoms with Crippen LogP contribution in [0.1, 0.15) is 6.42 Å². The van der Waals surface area contributed by atoms with Gasteiger partial charge in [0.15, 0.2) is 0 Å². The first-order valence-corrected chi connectivity index (χ1v) is 4.38. The summed E-state index contributed by atoms with van der Waals surface area (Å²) in [7, 11) is 0. The van der Waals surface area contributed by atoms with Gasteiger partial charge in [-0.3, -0.25) is 0 Å². The molecule has 0 spiro atoms. The first kappa shape index (κ1) is 8.38. The Labute approximate surface area is 76.9 Å². The monoisotopic (exact) mass is 180 g/mol. The summed E-state index contributed by atoms with van der Waals surface area (Å²) < 4.78 is 10.8. The van der Waals surface area contributed by atoms with E-state index in [0.717, 1.165) is 18.8 Å². The number of benzene rings is 1. The molecule has 13 heavy (non-hydrogen) atoms. The Kier molecular flexibility index (Phi) is 2.36. The van der Waals surface area contributed by atoms with Crippen LogP contribution in [-0.2, 0) is 4.74 Å². The van der Waals surface area contributed by atoms with Gasteiger partial charge in [-0.25, -0.2) is 0 Å². The fourth-order valence-electron chi connectivity index (χ4n) is 1.32. The van der Waals surface area contributed by atoms with Gasteiger partial charge in [-0.15, -0.1) is 0 Å². The van der Waals surface area contributed by atoms with E-state index in [0.29, 0.717) is 6.61 Å². The molecule has 1 aromatic carbocycles. The maximum absolute atomic E-state index is 9.04. The third-order valence-corrected chi connectivity index (χ3v) is 2.03. The van der Waals surface area contributed by atoms with Crippen LogP contribution in [0.5, 0.6) is 11.5 Å². The van der Waals surface area contributed by atoms with Crippen LogP contribution < -0.4 is 4.74 Å². The predicted octanol–water partition coefficient (Wildman–Crippen LogP) is 1.56. The highest BCUT2D eigenvalue weighted by Crippen LogP contribution is 2.19. The summed E-state index contributed by atoms with van der Waals surface area (Å²) in [5, 5.41) is 9.04. The van der Waals surface area contributed by atoms with Gasteiger partial charge in [0.25, 0.3) is 0 Å². The fourth-order valence-corrected chi connectivity index (χ4v) is 1.32. The SMILES string of the molecule is Oc1ccc(O[C@@H]2CCOC2)cc1. The van der Waals surface area contributed by atoms with Crippen molar-refractivity contribution in [3.63, 3.8) is 0 Å². The third-order valence-electron chi connectivity index (χ3n) is 2.03. The van der Waals surface area contributed by atoms with E-state index < -0.39 is 0 Å². The smallest absolute Gasteiger partial charge is 0.124 e. The van der Waals surface area contributed by atoms with Crippen LogP contribution in [0.25, 0.3) is 0 Å². The summed E-state index contributed by atoms with van der Waals surface area (Å²) in [6.45, 7) is 1.45. The Morgan fingerprint density at radius 3 is 2.69 bits per heavy atom. The molecule has 0 aromatic heterocycles. The van der Waals surface area contributed by atoms with Crippen molar-refractivity contribution in [1.29, 1.82) is 0 Å². The lowest BCUT2D eigenvalue weighted by Crippen LogP contribution is -2.15. The Morgan fingerprint density at radius 1 is 1.31 bits per heavy atom. The Morgan fingerprint density at radius 2 is 2.08 bits per heavy atom. The van der Waals surface area contributed by atoms with E-state index in [-0.39, 0.29) is 11.9 Å². The molecular weight excluding hydrogens is 168 g/mol. The topological polar surface area (TPSA) is 38.7 Å². The van der Waals surface area contributed by atoms with Crippen LogP contribution in [0.4, 0.5) is 0 Å². The molecular formula is C10H12O3. The van der Waals surface area contributed by atoms with Crippen LogP contribution in [0.15, 0.2) is 24.3 Å². The molecule has 1 heterocycles. The third kappa shape index (κ3) is 2.12. The fraction of sp³-hybridized carbons (Fsp3) is 0.400. The van der Waals surface area contributed by atoms with Crippen molar-refractivity contribution >= 4 is 0 Å². The molecule has 1 atom stereocenters. The highest BCUT2D eigenvalue weighted by molar-refractivity contribution is 5.30. The maximum Gasteiger partial charge on any atom is 0.124 e. The molecule has 2 rings (SSSR count). The molecule has 0 bridgehead atoms. The number of hydrogen-bond acceptors (Lipinski definition) is 3. The van der Waals surface area contributed by atoms with E-state index in [1.165, 1.54) is 0 Å². The molecule has 0 aliphatic carbocycles. The summed E-state index contributed by atoms with van der Waals surface area (Å²) in [5.41, 5.74) is 0.